The van der Waals surface area contributed by atoms with E-state index < -0.39 is 5.91 Å². The fraction of sp³-hybridized carbons (Fsp3) is 0.571. The molecule has 0 radical (unpaired) electrons. The van der Waals surface area contributed by atoms with Crippen molar-refractivity contribution in [3.05, 3.63) is 17.0 Å². The molecule has 0 aliphatic carbocycles. The van der Waals surface area contributed by atoms with Crippen LogP contribution >= 0.6 is 11.3 Å². The van der Waals surface area contributed by atoms with E-state index in [2.05, 4.69) is 24.1 Å². The Labute approximate surface area is 123 Å². The molecular weight excluding hydrogens is 274 g/mol. The second kappa shape index (κ2) is 6.37. The number of primary amides is 1. The minimum atomic E-state index is -0.512. The summed E-state index contributed by atoms with van der Waals surface area (Å²) in [6.45, 7) is 6.69. The Hall–Kier alpha value is -1.40. The Bertz CT molecular complexity index is 490. The molecule has 0 saturated carbocycles. The smallest absolute Gasteiger partial charge is 0.251 e. The molecule has 2 rings (SSSR count). The summed E-state index contributed by atoms with van der Waals surface area (Å²) in [4.78, 5) is 25.4. The zero-order valence-electron chi connectivity index (χ0n) is 11.9. The number of anilines is 1. The van der Waals surface area contributed by atoms with Crippen LogP contribution in [0.2, 0.25) is 0 Å². The van der Waals surface area contributed by atoms with Crippen LogP contribution in [-0.4, -0.2) is 36.3 Å². The highest BCUT2D eigenvalue weighted by Crippen LogP contribution is 2.23. The summed E-state index contributed by atoms with van der Waals surface area (Å²) >= 11 is 1.32. The van der Waals surface area contributed by atoms with Crippen LogP contribution < -0.4 is 11.1 Å². The van der Waals surface area contributed by atoms with Crippen molar-refractivity contribution in [3.63, 3.8) is 0 Å². The quantitative estimate of drug-likeness (QED) is 0.889. The number of piperidine rings is 1. The lowest BCUT2D eigenvalue weighted by atomic mass is 9.92. The Morgan fingerprint density at radius 3 is 2.65 bits per heavy atom. The third-order valence-electron chi connectivity index (χ3n) is 3.50. The van der Waals surface area contributed by atoms with Gasteiger partial charge in [-0.1, -0.05) is 13.8 Å². The molecule has 6 heteroatoms. The fourth-order valence-electron chi connectivity index (χ4n) is 2.89. The maximum Gasteiger partial charge on any atom is 0.251 e. The number of hydrogen-bond acceptors (Lipinski definition) is 4. The van der Waals surface area contributed by atoms with E-state index in [1.165, 1.54) is 17.8 Å². The van der Waals surface area contributed by atoms with Gasteiger partial charge in [0, 0.05) is 13.1 Å². The number of nitrogens with one attached hydrogen (secondary N) is 1. The highest BCUT2D eigenvalue weighted by atomic mass is 32.1. The number of amides is 2. The second-order valence-corrected chi connectivity index (χ2v) is 6.63. The van der Waals surface area contributed by atoms with Crippen LogP contribution in [-0.2, 0) is 4.79 Å². The maximum atomic E-state index is 12.1. The minimum absolute atomic E-state index is 0.0868. The molecule has 110 valence electrons. The lowest BCUT2D eigenvalue weighted by molar-refractivity contribution is -0.117. The van der Waals surface area contributed by atoms with Crippen molar-refractivity contribution in [2.45, 2.75) is 20.3 Å². The summed E-state index contributed by atoms with van der Waals surface area (Å²) in [5, 5.41) is 5.08. The number of nitrogens with two attached hydrogens (primary N) is 1. The first-order valence-corrected chi connectivity index (χ1v) is 7.73. The summed E-state index contributed by atoms with van der Waals surface area (Å²) in [7, 11) is 0. The van der Waals surface area contributed by atoms with Crippen LogP contribution in [0.3, 0.4) is 0 Å². The largest absolute Gasteiger partial charge is 0.366 e. The van der Waals surface area contributed by atoms with Crippen LogP contribution in [0.15, 0.2) is 11.4 Å². The molecule has 2 heterocycles. The lowest BCUT2D eigenvalue weighted by Gasteiger charge is -2.34. The first-order chi connectivity index (χ1) is 9.45. The van der Waals surface area contributed by atoms with Crippen molar-refractivity contribution in [3.8, 4) is 0 Å². The number of hydrogen-bond donors (Lipinski definition) is 2. The van der Waals surface area contributed by atoms with E-state index in [0.717, 1.165) is 13.1 Å². The molecule has 2 atom stereocenters. The molecule has 1 fully saturated rings. The van der Waals surface area contributed by atoms with Crippen LogP contribution in [0.4, 0.5) is 5.00 Å². The fourth-order valence-corrected chi connectivity index (χ4v) is 3.70. The summed E-state index contributed by atoms with van der Waals surface area (Å²) in [5.74, 6) is 0.641. The molecule has 1 aliphatic rings. The first-order valence-electron chi connectivity index (χ1n) is 6.85. The predicted molar refractivity (Wildman–Crippen MR) is 80.9 cm³/mol. The molecule has 2 amide bonds. The molecule has 20 heavy (non-hydrogen) atoms. The van der Waals surface area contributed by atoms with Gasteiger partial charge < -0.3 is 11.1 Å². The lowest BCUT2D eigenvalue weighted by Crippen LogP contribution is -2.42. The van der Waals surface area contributed by atoms with Crippen LogP contribution in [0, 0.1) is 11.8 Å². The Kier molecular flexibility index (Phi) is 4.77. The number of nitrogens with zero attached hydrogens (tertiary/aromatic N) is 1. The van der Waals surface area contributed by atoms with Gasteiger partial charge in [-0.15, -0.1) is 11.3 Å². The molecule has 3 N–H and O–H groups in total. The molecule has 1 aliphatic heterocycles. The van der Waals surface area contributed by atoms with Gasteiger partial charge in [-0.2, -0.15) is 0 Å². The van der Waals surface area contributed by atoms with Gasteiger partial charge in [0.25, 0.3) is 5.91 Å². The topological polar surface area (TPSA) is 75.4 Å². The van der Waals surface area contributed by atoms with Gasteiger partial charge in [-0.25, -0.2) is 0 Å². The molecule has 5 nitrogen and oxygen atoms in total. The summed E-state index contributed by atoms with van der Waals surface area (Å²) < 4.78 is 0. The number of thiophene rings is 1. The molecule has 1 aromatic heterocycles. The summed E-state index contributed by atoms with van der Waals surface area (Å²) in [6, 6.07) is 1.63. The highest BCUT2D eigenvalue weighted by molar-refractivity contribution is 7.14. The van der Waals surface area contributed by atoms with E-state index in [4.69, 9.17) is 5.73 Å². The average Bonchev–Trinajstić information content (AvgIpc) is 2.75. The highest BCUT2D eigenvalue weighted by Gasteiger charge is 2.23. The van der Waals surface area contributed by atoms with E-state index in [-0.39, 0.29) is 5.91 Å². The van der Waals surface area contributed by atoms with Crippen LogP contribution in [0.5, 0.6) is 0 Å². The van der Waals surface area contributed by atoms with Crippen molar-refractivity contribution in [1.29, 1.82) is 0 Å². The van der Waals surface area contributed by atoms with Crippen LogP contribution in [0.1, 0.15) is 30.6 Å². The average molecular weight is 295 g/mol. The minimum Gasteiger partial charge on any atom is -0.366 e. The number of carbonyl (C=O) groups is 2. The second-order valence-electron chi connectivity index (χ2n) is 5.72. The summed E-state index contributed by atoms with van der Waals surface area (Å²) in [5.41, 5.74) is 5.64. The third kappa shape index (κ3) is 3.80. The van der Waals surface area contributed by atoms with Gasteiger partial charge in [0.05, 0.1) is 12.1 Å². The van der Waals surface area contributed by atoms with E-state index in [0.29, 0.717) is 28.9 Å². The third-order valence-corrected chi connectivity index (χ3v) is 4.33. The van der Waals surface area contributed by atoms with Crippen LogP contribution in [0.25, 0.3) is 0 Å². The number of likely N-dealkylation sites (tertiary alicyclic amines) is 1. The van der Waals surface area contributed by atoms with Crippen molar-refractivity contribution in [1.82, 2.24) is 4.90 Å². The van der Waals surface area contributed by atoms with Gasteiger partial charge in [0.1, 0.15) is 5.00 Å². The standard InChI is InChI=1S/C14H21N3O2S/c1-9-5-10(2)7-17(6-9)8-12(18)16-14-11(13(15)19)3-4-20-14/h3-4,9-10H,5-8H2,1-2H3,(H2,15,19)(H,16,18)/t9-,10-/m0/s1. The normalized spacial score (nSPS) is 23.5. The SMILES string of the molecule is C[C@H]1C[C@H](C)CN(CC(=O)Nc2sccc2C(N)=O)C1. The Morgan fingerprint density at radius 2 is 2.05 bits per heavy atom. The molecule has 0 aromatic carbocycles. The van der Waals surface area contributed by atoms with Gasteiger partial charge in [0.2, 0.25) is 5.91 Å². The predicted octanol–water partition coefficient (Wildman–Crippen LogP) is 1.76. The Morgan fingerprint density at radius 1 is 1.40 bits per heavy atom. The van der Waals surface area contributed by atoms with E-state index >= 15 is 0 Å². The van der Waals surface area contributed by atoms with Gasteiger partial charge in [-0.3, -0.25) is 14.5 Å². The summed E-state index contributed by atoms with van der Waals surface area (Å²) in [6.07, 6.45) is 1.22. The monoisotopic (exact) mass is 295 g/mol. The number of rotatable bonds is 4. The molecule has 0 unspecified atom stereocenters. The number of carbonyl (C=O) groups excluding carboxylic acids is 2. The van der Waals surface area contributed by atoms with Gasteiger partial charge >= 0.3 is 0 Å². The van der Waals surface area contributed by atoms with Gasteiger partial charge in [0.15, 0.2) is 0 Å². The van der Waals surface area contributed by atoms with E-state index in [1.54, 1.807) is 11.4 Å². The zero-order chi connectivity index (χ0) is 14.7. The van der Waals surface area contributed by atoms with E-state index in [1.807, 2.05) is 0 Å². The van der Waals surface area contributed by atoms with Crippen molar-refractivity contribution in [2.75, 3.05) is 25.0 Å². The Balaban J connectivity index is 1.92. The maximum absolute atomic E-state index is 12.1. The first kappa shape index (κ1) is 15.0. The van der Waals surface area contributed by atoms with E-state index in [9.17, 15) is 9.59 Å². The molecule has 0 bridgehead atoms. The van der Waals surface area contributed by atoms with Crippen molar-refractivity contribution in [2.24, 2.45) is 17.6 Å². The molecular formula is C14H21N3O2S. The zero-order valence-corrected chi connectivity index (χ0v) is 12.7. The van der Waals surface area contributed by atoms with Crippen molar-refractivity contribution < 1.29 is 9.59 Å². The molecule has 1 saturated heterocycles. The van der Waals surface area contributed by atoms with Crippen molar-refractivity contribution >= 4 is 28.2 Å². The molecule has 1 aromatic rings. The molecule has 0 spiro atoms. The van der Waals surface area contributed by atoms with Gasteiger partial charge in [-0.05, 0) is 29.7 Å².